The molecule has 2 aromatic rings. The highest BCUT2D eigenvalue weighted by molar-refractivity contribution is 7.89. The molecule has 10 heteroatoms. The van der Waals surface area contributed by atoms with Crippen LogP contribution in [0.3, 0.4) is 0 Å². The van der Waals surface area contributed by atoms with Crippen LogP contribution in [0, 0.1) is 10.1 Å². The fourth-order valence-electron chi connectivity index (χ4n) is 3.03. The van der Waals surface area contributed by atoms with E-state index in [1.54, 1.807) is 0 Å². The van der Waals surface area contributed by atoms with Crippen LogP contribution in [0.5, 0.6) is 0 Å². The Labute approximate surface area is 179 Å². The molecule has 1 fully saturated rings. The number of sulfonamides is 1. The Morgan fingerprint density at radius 3 is 2.23 bits per heavy atom. The Morgan fingerprint density at radius 2 is 1.65 bits per heavy atom. The standard InChI is InChI=1S/C21H20N2O7S/c24-20(15-30-21(25)12-5-16-3-8-18(9-4-16)23(26)27)17-6-10-19(11-7-17)31(28,29)22-13-1-2-14-22/h3-12H,1-2,13-15H2/b12-5+. The molecule has 1 aliphatic heterocycles. The van der Waals surface area contributed by atoms with Gasteiger partial charge in [0.15, 0.2) is 12.4 Å². The van der Waals surface area contributed by atoms with Crippen molar-refractivity contribution in [3.05, 3.63) is 75.8 Å². The first kappa shape index (κ1) is 22.3. The zero-order chi connectivity index (χ0) is 22.4. The van der Waals surface area contributed by atoms with Crippen LogP contribution in [0.2, 0.25) is 0 Å². The van der Waals surface area contributed by atoms with Crippen LogP contribution in [0.15, 0.2) is 59.5 Å². The fraction of sp³-hybridized carbons (Fsp3) is 0.238. The summed E-state index contributed by atoms with van der Waals surface area (Å²) in [5.41, 5.74) is 0.723. The number of carbonyl (C=O) groups is 2. The molecule has 1 saturated heterocycles. The smallest absolute Gasteiger partial charge is 0.331 e. The van der Waals surface area contributed by atoms with Gasteiger partial charge in [-0.2, -0.15) is 4.31 Å². The molecule has 1 heterocycles. The van der Waals surface area contributed by atoms with Gasteiger partial charge in [-0.15, -0.1) is 0 Å². The Morgan fingerprint density at radius 1 is 1.03 bits per heavy atom. The number of ether oxygens (including phenoxy) is 1. The van der Waals surface area contributed by atoms with Gasteiger partial charge in [-0.05, 0) is 60.9 Å². The highest BCUT2D eigenvalue weighted by atomic mass is 32.2. The summed E-state index contributed by atoms with van der Waals surface area (Å²) in [4.78, 5) is 34.2. The van der Waals surface area contributed by atoms with Gasteiger partial charge in [-0.25, -0.2) is 13.2 Å². The second kappa shape index (κ2) is 9.63. The Hall–Kier alpha value is -3.37. The molecular formula is C21H20N2O7S. The lowest BCUT2D eigenvalue weighted by atomic mass is 10.1. The fourth-order valence-corrected chi connectivity index (χ4v) is 4.55. The number of hydrogen-bond donors (Lipinski definition) is 0. The molecule has 31 heavy (non-hydrogen) atoms. The summed E-state index contributed by atoms with van der Waals surface area (Å²) in [5, 5.41) is 10.6. The highest BCUT2D eigenvalue weighted by Crippen LogP contribution is 2.21. The molecule has 0 aromatic heterocycles. The van der Waals surface area contributed by atoms with Crippen LogP contribution in [0.4, 0.5) is 5.69 Å². The number of non-ortho nitro benzene ring substituents is 1. The molecular weight excluding hydrogens is 424 g/mol. The molecule has 0 unspecified atom stereocenters. The zero-order valence-corrected chi connectivity index (χ0v) is 17.3. The van der Waals surface area contributed by atoms with Gasteiger partial charge >= 0.3 is 5.97 Å². The van der Waals surface area contributed by atoms with Crippen molar-refractivity contribution in [3.63, 3.8) is 0 Å². The lowest BCUT2D eigenvalue weighted by molar-refractivity contribution is -0.384. The monoisotopic (exact) mass is 444 g/mol. The SMILES string of the molecule is O=C(/C=C/c1ccc([N+](=O)[O-])cc1)OCC(=O)c1ccc(S(=O)(=O)N2CCCC2)cc1. The Kier molecular flexibility index (Phi) is 6.93. The average molecular weight is 444 g/mol. The summed E-state index contributed by atoms with van der Waals surface area (Å²) < 4.78 is 31.3. The van der Waals surface area contributed by atoms with Crippen molar-refractivity contribution in [1.82, 2.24) is 4.31 Å². The van der Waals surface area contributed by atoms with Crippen LogP contribution in [-0.4, -0.2) is 49.1 Å². The van der Waals surface area contributed by atoms with Crippen molar-refractivity contribution >= 4 is 33.5 Å². The molecule has 1 aliphatic rings. The molecule has 0 saturated carbocycles. The molecule has 9 nitrogen and oxygen atoms in total. The Bertz CT molecular complexity index is 1100. The number of hydrogen-bond acceptors (Lipinski definition) is 7. The quantitative estimate of drug-likeness (QED) is 0.202. The summed E-state index contributed by atoms with van der Waals surface area (Å²) in [6.45, 7) is 0.486. The minimum atomic E-state index is -3.56. The summed E-state index contributed by atoms with van der Waals surface area (Å²) >= 11 is 0. The number of carbonyl (C=O) groups excluding carboxylic acids is 2. The van der Waals surface area contributed by atoms with Gasteiger partial charge in [-0.1, -0.05) is 0 Å². The minimum absolute atomic E-state index is 0.0652. The van der Waals surface area contributed by atoms with Crippen LogP contribution < -0.4 is 0 Å². The number of benzene rings is 2. The van der Waals surface area contributed by atoms with Gasteiger partial charge in [-0.3, -0.25) is 14.9 Å². The van der Waals surface area contributed by atoms with E-state index in [4.69, 9.17) is 4.74 Å². The van der Waals surface area contributed by atoms with Crippen LogP contribution >= 0.6 is 0 Å². The number of ketones is 1. The molecule has 0 N–H and O–H groups in total. The number of nitro groups is 1. The van der Waals surface area contributed by atoms with E-state index in [1.165, 1.54) is 58.9 Å². The zero-order valence-electron chi connectivity index (χ0n) is 16.5. The lowest BCUT2D eigenvalue weighted by Crippen LogP contribution is -2.27. The lowest BCUT2D eigenvalue weighted by Gasteiger charge is -2.15. The van der Waals surface area contributed by atoms with E-state index in [0.717, 1.165) is 18.9 Å². The van der Waals surface area contributed by atoms with Gasteiger partial charge in [0, 0.05) is 36.9 Å². The maximum Gasteiger partial charge on any atom is 0.331 e. The third kappa shape index (κ3) is 5.62. The van der Waals surface area contributed by atoms with E-state index in [0.29, 0.717) is 18.7 Å². The van der Waals surface area contributed by atoms with Crippen molar-refractivity contribution in [1.29, 1.82) is 0 Å². The van der Waals surface area contributed by atoms with Crippen molar-refractivity contribution in [2.75, 3.05) is 19.7 Å². The molecule has 0 spiro atoms. The van der Waals surface area contributed by atoms with Crippen molar-refractivity contribution < 1.29 is 27.7 Å². The molecule has 0 amide bonds. The molecule has 0 radical (unpaired) electrons. The molecule has 0 atom stereocenters. The first-order chi connectivity index (χ1) is 14.8. The maximum atomic E-state index is 12.5. The van der Waals surface area contributed by atoms with Crippen LogP contribution in [-0.2, 0) is 19.6 Å². The third-order valence-electron chi connectivity index (χ3n) is 4.74. The summed E-state index contributed by atoms with van der Waals surface area (Å²) in [7, 11) is -3.56. The third-order valence-corrected chi connectivity index (χ3v) is 6.65. The number of nitrogens with zero attached hydrogens (tertiary/aromatic N) is 2. The largest absolute Gasteiger partial charge is 0.454 e. The number of rotatable bonds is 8. The number of nitro benzene ring substituents is 1. The second-order valence-corrected chi connectivity index (χ2v) is 8.79. The van der Waals surface area contributed by atoms with Gasteiger partial charge in [0.1, 0.15) is 0 Å². The highest BCUT2D eigenvalue weighted by Gasteiger charge is 2.27. The molecule has 0 bridgehead atoms. The number of Topliss-reactive ketones (excluding diaryl/α,β-unsaturated/α-hetero) is 1. The summed E-state index contributed by atoms with van der Waals surface area (Å²) in [6.07, 6.45) is 4.19. The van der Waals surface area contributed by atoms with Gasteiger partial charge in [0.05, 0.1) is 9.82 Å². The predicted molar refractivity (Wildman–Crippen MR) is 112 cm³/mol. The van der Waals surface area contributed by atoms with Gasteiger partial charge < -0.3 is 4.74 Å². The first-order valence-corrected chi connectivity index (χ1v) is 10.9. The Balaban J connectivity index is 1.54. The summed E-state index contributed by atoms with van der Waals surface area (Å²) in [5.74, 6) is -1.22. The van der Waals surface area contributed by atoms with Crippen molar-refractivity contribution in [3.8, 4) is 0 Å². The second-order valence-electron chi connectivity index (χ2n) is 6.85. The molecule has 0 aliphatic carbocycles. The van der Waals surface area contributed by atoms with E-state index in [1.807, 2.05) is 0 Å². The molecule has 2 aromatic carbocycles. The molecule has 162 valence electrons. The van der Waals surface area contributed by atoms with Gasteiger partial charge in [0.2, 0.25) is 10.0 Å². The topological polar surface area (TPSA) is 124 Å². The van der Waals surface area contributed by atoms with Crippen molar-refractivity contribution in [2.45, 2.75) is 17.7 Å². The van der Waals surface area contributed by atoms with Crippen molar-refractivity contribution in [2.24, 2.45) is 0 Å². The maximum absolute atomic E-state index is 12.5. The predicted octanol–water partition coefficient (Wildman–Crippen LogP) is 2.82. The van der Waals surface area contributed by atoms with E-state index < -0.39 is 33.3 Å². The van der Waals surface area contributed by atoms with E-state index in [9.17, 15) is 28.1 Å². The summed E-state index contributed by atoms with van der Waals surface area (Å²) in [6, 6.07) is 11.1. The van der Waals surface area contributed by atoms with Crippen LogP contribution in [0.1, 0.15) is 28.8 Å². The molecule has 3 rings (SSSR count). The van der Waals surface area contributed by atoms with E-state index in [-0.39, 0.29) is 16.1 Å². The normalized spacial score (nSPS) is 14.6. The van der Waals surface area contributed by atoms with Crippen LogP contribution in [0.25, 0.3) is 6.08 Å². The van der Waals surface area contributed by atoms with E-state index >= 15 is 0 Å². The van der Waals surface area contributed by atoms with Gasteiger partial charge in [0.25, 0.3) is 5.69 Å². The first-order valence-electron chi connectivity index (χ1n) is 9.50. The average Bonchev–Trinajstić information content (AvgIpc) is 3.32. The minimum Gasteiger partial charge on any atom is -0.454 e. The van der Waals surface area contributed by atoms with E-state index in [2.05, 4.69) is 0 Å². The number of esters is 1.